The number of thioether (sulfide) groups is 1. The van der Waals surface area contributed by atoms with Gasteiger partial charge < -0.3 is 15.5 Å². The van der Waals surface area contributed by atoms with Crippen LogP contribution in [-0.2, 0) is 4.79 Å². The molecule has 0 aliphatic carbocycles. The number of hydrogen-bond acceptors (Lipinski definition) is 4. The third kappa shape index (κ3) is 7.66. The Bertz CT molecular complexity index is 444. The van der Waals surface area contributed by atoms with Crippen molar-refractivity contribution >= 4 is 48.2 Å². The normalized spacial score (nSPS) is 18.1. The number of rotatable bonds is 6. The molecule has 1 aromatic rings. The fourth-order valence-electron chi connectivity index (χ4n) is 2.36. The van der Waals surface area contributed by atoms with Gasteiger partial charge in [-0.25, -0.2) is 0 Å². The zero-order valence-corrected chi connectivity index (χ0v) is 16.1. The van der Waals surface area contributed by atoms with Crippen LogP contribution < -0.4 is 15.5 Å². The van der Waals surface area contributed by atoms with Gasteiger partial charge in [0.15, 0.2) is 0 Å². The molecule has 0 bridgehead atoms. The molecule has 1 saturated heterocycles. The zero-order valence-electron chi connectivity index (χ0n) is 13.7. The molecule has 23 heavy (non-hydrogen) atoms. The minimum absolute atomic E-state index is 0. The Balaban J connectivity index is 0.00000242. The summed E-state index contributed by atoms with van der Waals surface area (Å²) in [6.07, 6.45) is 0.578. The lowest BCUT2D eigenvalue weighted by atomic mass is 10.2. The van der Waals surface area contributed by atoms with Crippen molar-refractivity contribution in [2.75, 3.05) is 36.5 Å². The quantitative estimate of drug-likeness (QED) is 0.796. The van der Waals surface area contributed by atoms with Crippen molar-refractivity contribution in [3.63, 3.8) is 0 Å². The molecule has 1 aliphatic heterocycles. The van der Waals surface area contributed by atoms with Crippen LogP contribution in [0.15, 0.2) is 30.3 Å². The monoisotopic (exact) mass is 379 g/mol. The molecule has 7 heteroatoms. The average Bonchev–Trinajstić information content (AvgIpc) is 2.53. The highest BCUT2D eigenvalue weighted by molar-refractivity contribution is 7.99. The second-order valence-electron chi connectivity index (χ2n) is 5.53. The molecular weight excluding hydrogens is 353 g/mol. The Morgan fingerprint density at radius 3 is 2.70 bits per heavy atom. The minimum Gasteiger partial charge on any atom is -0.370 e. The first-order valence-corrected chi connectivity index (χ1v) is 8.68. The molecule has 2 atom stereocenters. The summed E-state index contributed by atoms with van der Waals surface area (Å²) in [5, 5.41) is 6.44. The highest BCUT2D eigenvalue weighted by atomic mass is 35.5. The van der Waals surface area contributed by atoms with E-state index in [1.165, 1.54) is 5.69 Å². The summed E-state index contributed by atoms with van der Waals surface area (Å²) in [6.45, 7) is 3.81. The van der Waals surface area contributed by atoms with Crippen LogP contribution in [-0.4, -0.2) is 49.6 Å². The largest absolute Gasteiger partial charge is 0.370 e. The Morgan fingerprint density at radius 2 is 2.09 bits per heavy atom. The highest BCUT2D eigenvalue weighted by Gasteiger charge is 2.17. The fraction of sp³-hybridized carbons (Fsp3) is 0.562. The Kier molecular flexibility index (Phi) is 11.5. The molecule has 1 heterocycles. The number of carbonyl (C=O) groups is 1. The summed E-state index contributed by atoms with van der Waals surface area (Å²) in [4.78, 5) is 14.2. The molecule has 0 saturated carbocycles. The van der Waals surface area contributed by atoms with E-state index >= 15 is 0 Å². The lowest BCUT2D eigenvalue weighted by Crippen LogP contribution is -2.44. The van der Waals surface area contributed by atoms with Crippen molar-refractivity contribution in [2.24, 2.45) is 0 Å². The van der Waals surface area contributed by atoms with Gasteiger partial charge in [0.1, 0.15) is 0 Å². The molecule has 1 aliphatic rings. The van der Waals surface area contributed by atoms with Crippen LogP contribution in [0.1, 0.15) is 13.3 Å². The lowest BCUT2D eigenvalue weighted by Gasteiger charge is -2.28. The number of benzene rings is 1. The molecule has 4 nitrogen and oxygen atoms in total. The van der Waals surface area contributed by atoms with Crippen LogP contribution in [0.25, 0.3) is 0 Å². The van der Waals surface area contributed by atoms with Crippen LogP contribution >= 0.6 is 36.6 Å². The van der Waals surface area contributed by atoms with Crippen LogP contribution in [0.3, 0.4) is 0 Å². The van der Waals surface area contributed by atoms with E-state index < -0.39 is 0 Å². The number of carbonyl (C=O) groups excluding carboxylic acids is 1. The highest BCUT2D eigenvalue weighted by Crippen LogP contribution is 2.14. The van der Waals surface area contributed by atoms with E-state index in [9.17, 15) is 4.79 Å². The van der Waals surface area contributed by atoms with Crippen molar-refractivity contribution < 1.29 is 4.79 Å². The van der Waals surface area contributed by atoms with Crippen LogP contribution in [0, 0.1) is 0 Å². The maximum absolute atomic E-state index is 12.0. The van der Waals surface area contributed by atoms with Crippen molar-refractivity contribution in [1.82, 2.24) is 10.6 Å². The van der Waals surface area contributed by atoms with Crippen LogP contribution in [0.4, 0.5) is 5.69 Å². The molecule has 2 rings (SSSR count). The number of likely N-dealkylation sites (N-methyl/N-ethyl adjacent to an activating group) is 1. The topological polar surface area (TPSA) is 44.4 Å². The van der Waals surface area contributed by atoms with Gasteiger partial charge in [-0.05, 0) is 19.1 Å². The van der Waals surface area contributed by atoms with Gasteiger partial charge in [0.05, 0.1) is 0 Å². The minimum atomic E-state index is 0. The zero-order chi connectivity index (χ0) is 15.1. The van der Waals surface area contributed by atoms with E-state index in [1.54, 1.807) is 0 Å². The summed E-state index contributed by atoms with van der Waals surface area (Å²) in [5.41, 5.74) is 1.17. The summed E-state index contributed by atoms with van der Waals surface area (Å²) in [5.74, 6) is 2.33. The molecule has 0 aromatic heterocycles. The lowest BCUT2D eigenvalue weighted by molar-refractivity contribution is -0.121. The average molecular weight is 380 g/mol. The molecule has 2 unspecified atom stereocenters. The number of nitrogens with one attached hydrogen (secondary N) is 2. The first kappa shape index (κ1) is 22.4. The third-order valence-electron chi connectivity index (χ3n) is 3.85. The first-order chi connectivity index (χ1) is 10.2. The maximum atomic E-state index is 12.0. The smallest absolute Gasteiger partial charge is 0.221 e. The maximum Gasteiger partial charge on any atom is 0.221 e. The summed E-state index contributed by atoms with van der Waals surface area (Å²) in [7, 11) is 2.06. The Labute approximate surface area is 156 Å². The van der Waals surface area contributed by atoms with Crippen molar-refractivity contribution in [3.05, 3.63) is 30.3 Å². The molecule has 0 radical (unpaired) electrons. The van der Waals surface area contributed by atoms with Gasteiger partial charge in [-0.2, -0.15) is 11.8 Å². The summed E-state index contributed by atoms with van der Waals surface area (Å²) < 4.78 is 0. The van der Waals surface area contributed by atoms with Gasteiger partial charge >= 0.3 is 0 Å². The second-order valence-corrected chi connectivity index (χ2v) is 6.68. The van der Waals surface area contributed by atoms with E-state index in [0.717, 1.165) is 18.1 Å². The Morgan fingerprint density at radius 1 is 1.39 bits per heavy atom. The predicted octanol–water partition coefficient (Wildman–Crippen LogP) is 2.57. The second kappa shape index (κ2) is 11.8. The standard InChI is InChI=1S/C16H25N3OS.2ClH/c1-13(19(2)15-6-4-3-5-7-15)11-18-16(20)10-14-12-21-9-8-17-14;;/h3-7,13-14,17H,8-12H2,1-2H3,(H,18,20);2*1H. The number of anilines is 1. The SMILES string of the molecule is CC(CNC(=O)CC1CSCCN1)N(C)c1ccccc1.Cl.Cl. The number of halogens is 2. The predicted molar refractivity (Wildman–Crippen MR) is 106 cm³/mol. The van der Waals surface area contributed by atoms with Gasteiger partial charge in [0, 0.05) is 55.8 Å². The number of para-hydroxylation sites is 1. The third-order valence-corrected chi connectivity index (χ3v) is 4.98. The molecule has 1 amide bonds. The molecule has 1 aromatic carbocycles. The molecule has 0 spiro atoms. The molecular formula is C16H27Cl2N3OS. The van der Waals surface area contributed by atoms with Crippen LogP contribution in [0.5, 0.6) is 0 Å². The van der Waals surface area contributed by atoms with E-state index in [4.69, 9.17) is 0 Å². The van der Waals surface area contributed by atoms with E-state index in [-0.39, 0.29) is 36.8 Å². The number of amides is 1. The van der Waals surface area contributed by atoms with E-state index in [0.29, 0.717) is 19.0 Å². The van der Waals surface area contributed by atoms with Gasteiger partial charge in [-0.3, -0.25) is 4.79 Å². The first-order valence-electron chi connectivity index (χ1n) is 7.52. The van der Waals surface area contributed by atoms with Crippen molar-refractivity contribution in [3.8, 4) is 0 Å². The van der Waals surface area contributed by atoms with Gasteiger partial charge in [-0.1, -0.05) is 18.2 Å². The van der Waals surface area contributed by atoms with Crippen molar-refractivity contribution in [2.45, 2.75) is 25.4 Å². The summed E-state index contributed by atoms with van der Waals surface area (Å²) >= 11 is 1.92. The van der Waals surface area contributed by atoms with Crippen LogP contribution in [0.2, 0.25) is 0 Å². The van der Waals surface area contributed by atoms with Gasteiger partial charge in [0.25, 0.3) is 0 Å². The Hall–Kier alpha value is -0.620. The fourth-order valence-corrected chi connectivity index (χ4v) is 3.31. The van der Waals surface area contributed by atoms with E-state index in [2.05, 4.69) is 41.6 Å². The number of hydrogen-bond donors (Lipinski definition) is 2. The van der Waals surface area contributed by atoms with E-state index in [1.807, 2.05) is 30.0 Å². The molecule has 1 fully saturated rings. The van der Waals surface area contributed by atoms with Gasteiger partial charge in [0.2, 0.25) is 5.91 Å². The molecule has 2 N–H and O–H groups in total. The van der Waals surface area contributed by atoms with Crippen molar-refractivity contribution in [1.29, 1.82) is 0 Å². The number of nitrogens with zero attached hydrogens (tertiary/aromatic N) is 1. The summed E-state index contributed by atoms with van der Waals surface area (Å²) in [6, 6.07) is 10.8. The molecule has 132 valence electrons. The van der Waals surface area contributed by atoms with Gasteiger partial charge in [-0.15, -0.1) is 24.8 Å².